The fourth-order valence-corrected chi connectivity index (χ4v) is 3.23. The molecule has 0 atom stereocenters. The summed E-state index contributed by atoms with van der Waals surface area (Å²) in [6.07, 6.45) is 0. The number of halogens is 2. The van der Waals surface area contributed by atoms with Gasteiger partial charge in [0.2, 0.25) is 0 Å². The maximum atomic E-state index is 10.4. The van der Waals surface area contributed by atoms with E-state index in [1.807, 2.05) is 18.2 Å². The number of aromatic hydroxyl groups is 1. The summed E-state index contributed by atoms with van der Waals surface area (Å²) in [6, 6.07) is 9.48. The molecule has 0 saturated heterocycles. The minimum Gasteiger partial charge on any atom is -0.503 e. The van der Waals surface area contributed by atoms with Gasteiger partial charge in [-0.25, -0.2) is 0 Å². The monoisotopic (exact) mass is 416 g/mol. The molecule has 4 nitrogen and oxygen atoms in total. The zero-order valence-electron chi connectivity index (χ0n) is 16.7. The second-order valence-corrected chi connectivity index (χ2v) is 9.35. The molecule has 0 aromatic heterocycles. The summed E-state index contributed by atoms with van der Waals surface area (Å²) in [4.78, 5) is 0. The van der Waals surface area contributed by atoms with Gasteiger partial charge in [-0.1, -0.05) is 76.9 Å². The van der Waals surface area contributed by atoms with E-state index in [0.29, 0.717) is 5.75 Å². The van der Waals surface area contributed by atoms with Crippen molar-refractivity contribution in [1.82, 2.24) is 0 Å². The van der Waals surface area contributed by atoms with E-state index in [0.717, 1.165) is 11.1 Å². The van der Waals surface area contributed by atoms with E-state index < -0.39 is 5.75 Å². The Labute approximate surface area is 175 Å². The molecule has 0 unspecified atom stereocenters. The molecular formula is C22H22Cl2N2O2. The minimum atomic E-state index is -0.470. The third-order valence-corrected chi connectivity index (χ3v) is 5.13. The number of phenols is 1. The summed E-state index contributed by atoms with van der Waals surface area (Å²) in [7, 11) is 0. The van der Waals surface area contributed by atoms with Gasteiger partial charge in [0.25, 0.3) is 0 Å². The van der Waals surface area contributed by atoms with E-state index in [9.17, 15) is 15.6 Å². The Hall–Kier alpha value is -2.40. The predicted molar refractivity (Wildman–Crippen MR) is 111 cm³/mol. The Kier molecular flexibility index (Phi) is 5.90. The Morgan fingerprint density at radius 3 is 1.89 bits per heavy atom. The maximum absolute atomic E-state index is 10.4. The van der Waals surface area contributed by atoms with Crippen LogP contribution in [0, 0.1) is 22.7 Å². The van der Waals surface area contributed by atoms with Crippen LogP contribution in [0.1, 0.15) is 63.8 Å². The number of phenolic OH excluding ortho intramolecular Hbond substituents is 1. The number of benzene rings is 2. The molecule has 0 radical (unpaired) electrons. The zero-order chi connectivity index (χ0) is 21.4. The smallest absolute Gasteiger partial charge is 0.190 e. The highest BCUT2D eigenvalue weighted by atomic mass is 35.5. The molecule has 2 aromatic carbocycles. The lowest BCUT2D eigenvalue weighted by Crippen LogP contribution is -2.17. The SMILES string of the molecule is CC(C)(C)c1ccc(Oc2c(O)c(Cl)c(C#N)c(C#N)c2Cl)c(C(C)(C)C)c1. The molecule has 2 aromatic rings. The van der Waals surface area contributed by atoms with Gasteiger partial charge >= 0.3 is 0 Å². The van der Waals surface area contributed by atoms with Crippen LogP contribution in [0.5, 0.6) is 17.2 Å². The number of ether oxygens (including phenoxy) is 1. The van der Waals surface area contributed by atoms with E-state index in [1.54, 1.807) is 6.07 Å². The number of hydrogen-bond donors (Lipinski definition) is 1. The lowest BCUT2D eigenvalue weighted by molar-refractivity contribution is 0.402. The maximum Gasteiger partial charge on any atom is 0.190 e. The first-order valence-electron chi connectivity index (χ1n) is 8.70. The third-order valence-electron chi connectivity index (χ3n) is 4.40. The summed E-state index contributed by atoms with van der Waals surface area (Å²) >= 11 is 12.3. The average Bonchev–Trinajstić information content (AvgIpc) is 2.59. The Morgan fingerprint density at radius 2 is 1.43 bits per heavy atom. The van der Waals surface area contributed by atoms with Gasteiger partial charge in [-0.3, -0.25) is 0 Å². The first-order valence-corrected chi connectivity index (χ1v) is 9.45. The molecule has 0 spiro atoms. The van der Waals surface area contributed by atoms with E-state index >= 15 is 0 Å². The van der Waals surface area contributed by atoms with Crippen molar-refractivity contribution in [2.45, 2.75) is 52.4 Å². The first kappa shape index (κ1) is 21.9. The largest absolute Gasteiger partial charge is 0.503 e. The van der Waals surface area contributed by atoms with Gasteiger partial charge in [0.15, 0.2) is 11.5 Å². The second-order valence-electron chi connectivity index (χ2n) is 8.59. The third kappa shape index (κ3) is 4.04. The van der Waals surface area contributed by atoms with Crippen LogP contribution in [0.3, 0.4) is 0 Å². The molecule has 0 saturated carbocycles. The van der Waals surface area contributed by atoms with Crippen molar-refractivity contribution in [2.24, 2.45) is 0 Å². The van der Waals surface area contributed by atoms with Gasteiger partial charge in [-0.15, -0.1) is 0 Å². The Morgan fingerprint density at radius 1 is 0.893 bits per heavy atom. The van der Waals surface area contributed by atoms with Gasteiger partial charge in [0.1, 0.15) is 27.9 Å². The lowest BCUT2D eigenvalue weighted by atomic mass is 9.80. The van der Waals surface area contributed by atoms with Gasteiger partial charge in [-0.2, -0.15) is 10.5 Å². The number of rotatable bonds is 2. The van der Waals surface area contributed by atoms with Crippen molar-refractivity contribution >= 4 is 23.2 Å². The van der Waals surface area contributed by atoms with Crippen molar-refractivity contribution in [1.29, 1.82) is 10.5 Å². The van der Waals surface area contributed by atoms with E-state index in [4.69, 9.17) is 27.9 Å². The molecule has 6 heteroatoms. The van der Waals surface area contributed by atoms with E-state index in [2.05, 4.69) is 47.6 Å². The Balaban J connectivity index is 2.72. The van der Waals surface area contributed by atoms with Crippen LogP contribution in [0.15, 0.2) is 18.2 Å². The highest BCUT2D eigenvalue weighted by Gasteiger charge is 2.27. The average molecular weight is 417 g/mol. The van der Waals surface area contributed by atoms with Gasteiger partial charge in [0, 0.05) is 5.56 Å². The minimum absolute atomic E-state index is 0.0515. The quantitative estimate of drug-likeness (QED) is 0.581. The van der Waals surface area contributed by atoms with Crippen molar-refractivity contribution in [2.75, 3.05) is 0 Å². The van der Waals surface area contributed by atoms with Crippen LogP contribution in [0.2, 0.25) is 10.0 Å². The summed E-state index contributed by atoms with van der Waals surface area (Å²) in [5, 5.41) is 28.6. The van der Waals surface area contributed by atoms with E-state index in [1.165, 1.54) is 0 Å². The molecule has 1 N–H and O–H groups in total. The number of hydrogen-bond acceptors (Lipinski definition) is 4. The highest BCUT2D eigenvalue weighted by molar-refractivity contribution is 6.37. The summed E-state index contributed by atoms with van der Waals surface area (Å²) in [6.45, 7) is 12.5. The molecule has 0 bridgehead atoms. The number of nitriles is 2. The molecular weight excluding hydrogens is 395 g/mol. The fourth-order valence-electron chi connectivity index (χ4n) is 2.74. The topological polar surface area (TPSA) is 77.0 Å². The van der Waals surface area contributed by atoms with Crippen LogP contribution >= 0.6 is 23.2 Å². The van der Waals surface area contributed by atoms with Gasteiger partial charge in [0.05, 0.1) is 11.1 Å². The van der Waals surface area contributed by atoms with Crippen LogP contribution in [-0.2, 0) is 10.8 Å². The Bertz CT molecular complexity index is 1020. The van der Waals surface area contributed by atoms with Crippen LogP contribution in [0.25, 0.3) is 0 Å². The van der Waals surface area contributed by atoms with Gasteiger partial charge in [-0.05, 0) is 22.5 Å². The number of nitrogens with zero attached hydrogens (tertiary/aromatic N) is 2. The summed E-state index contributed by atoms with van der Waals surface area (Å²) < 4.78 is 5.96. The molecule has 146 valence electrons. The van der Waals surface area contributed by atoms with Crippen molar-refractivity contribution in [3.05, 3.63) is 50.5 Å². The van der Waals surface area contributed by atoms with Crippen LogP contribution in [-0.4, -0.2) is 5.11 Å². The van der Waals surface area contributed by atoms with Crippen molar-refractivity contribution < 1.29 is 9.84 Å². The fraction of sp³-hybridized carbons (Fsp3) is 0.364. The predicted octanol–water partition coefficient (Wildman–Crippen LogP) is 6.83. The molecule has 0 heterocycles. The summed E-state index contributed by atoms with van der Waals surface area (Å²) in [5.41, 5.74) is 1.42. The standard InChI is InChI=1S/C22H22Cl2N2O2/c1-21(2,3)12-7-8-16(15(9-12)22(4,5)6)28-20-18(24)14(11-26)13(10-25)17(23)19(20)27/h7-9,27H,1-6H3. The first-order chi connectivity index (χ1) is 12.8. The molecule has 2 rings (SSSR count). The highest BCUT2D eigenvalue weighted by Crippen LogP contribution is 2.48. The summed E-state index contributed by atoms with van der Waals surface area (Å²) in [5.74, 6) is -0.124. The molecule has 0 aliphatic heterocycles. The molecule has 0 aliphatic carbocycles. The van der Waals surface area contributed by atoms with Gasteiger partial charge < -0.3 is 9.84 Å². The van der Waals surface area contributed by atoms with Crippen LogP contribution < -0.4 is 4.74 Å². The molecule has 0 fully saturated rings. The van der Waals surface area contributed by atoms with Crippen LogP contribution in [0.4, 0.5) is 0 Å². The van der Waals surface area contributed by atoms with Crippen molar-refractivity contribution in [3.8, 4) is 29.4 Å². The van der Waals surface area contributed by atoms with E-state index in [-0.39, 0.29) is 37.8 Å². The van der Waals surface area contributed by atoms with Crippen molar-refractivity contribution in [3.63, 3.8) is 0 Å². The zero-order valence-corrected chi connectivity index (χ0v) is 18.2. The molecule has 0 amide bonds. The normalized spacial score (nSPS) is 11.6. The lowest BCUT2D eigenvalue weighted by Gasteiger charge is -2.27. The second kappa shape index (κ2) is 7.55. The molecule has 0 aliphatic rings. The molecule has 28 heavy (non-hydrogen) atoms.